The first-order chi connectivity index (χ1) is 8.86. The Balaban J connectivity index is 2.16. The molecule has 1 atom stereocenters. The Morgan fingerprint density at radius 3 is 2.68 bits per heavy atom. The highest BCUT2D eigenvalue weighted by molar-refractivity contribution is 9.10. The van der Waals surface area contributed by atoms with Crippen LogP contribution >= 0.6 is 15.9 Å². The number of nitrogens with one attached hydrogen (secondary N) is 1. The van der Waals surface area contributed by atoms with Crippen LogP contribution in [0.4, 0.5) is 5.69 Å². The lowest BCUT2D eigenvalue weighted by Crippen LogP contribution is -2.66. The maximum Gasteiger partial charge on any atom is 0.244 e. The SMILES string of the molecule is Cc1c(Br)cccc1NC(=O)C1(C)CCN1C(C)C. The Bertz CT molecular complexity index is 501. The molecule has 3 nitrogen and oxygen atoms in total. The van der Waals surface area contributed by atoms with Crippen molar-refractivity contribution in [1.82, 2.24) is 4.90 Å². The van der Waals surface area contributed by atoms with Gasteiger partial charge >= 0.3 is 0 Å². The topological polar surface area (TPSA) is 32.3 Å². The van der Waals surface area contributed by atoms with Crippen LogP contribution in [0.5, 0.6) is 0 Å². The second-order valence-corrected chi connectivity index (χ2v) is 6.53. The maximum atomic E-state index is 12.5. The molecule has 1 heterocycles. The molecule has 0 saturated carbocycles. The van der Waals surface area contributed by atoms with Gasteiger partial charge in [-0.3, -0.25) is 9.69 Å². The van der Waals surface area contributed by atoms with E-state index in [1.165, 1.54) is 0 Å². The van der Waals surface area contributed by atoms with Gasteiger partial charge in [0.15, 0.2) is 0 Å². The summed E-state index contributed by atoms with van der Waals surface area (Å²) in [4.78, 5) is 14.8. The Kier molecular flexibility index (Phi) is 4.02. The molecule has 1 aliphatic rings. The maximum absolute atomic E-state index is 12.5. The number of nitrogens with zero attached hydrogens (tertiary/aromatic N) is 1. The first-order valence-electron chi connectivity index (χ1n) is 6.69. The zero-order chi connectivity index (χ0) is 14.2. The van der Waals surface area contributed by atoms with E-state index in [0.717, 1.165) is 28.7 Å². The predicted molar refractivity (Wildman–Crippen MR) is 82.4 cm³/mol. The second kappa shape index (κ2) is 5.25. The van der Waals surface area contributed by atoms with Crippen LogP contribution < -0.4 is 5.32 Å². The minimum Gasteiger partial charge on any atom is -0.324 e. The normalized spacial score (nSPS) is 23.3. The average molecular weight is 325 g/mol. The molecule has 1 unspecified atom stereocenters. The van der Waals surface area contributed by atoms with E-state index in [4.69, 9.17) is 0 Å². The molecule has 0 aromatic heterocycles. The first-order valence-corrected chi connectivity index (χ1v) is 7.49. The zero-order valence-electron chi connectivity index (χ0n) is 12.0. The summed E-state index contributed by atoms with van der Waals surface area (Å²) in [6.07, 6.45) is 0.921. The third-order valence-electron chi connectivity index (χ3n) is 4.10. The second-order valence-electron chi connectivity index (χ2n) is 5.68. The summed E-state index contributed by atoms with van der Waals surface area (Å²) >= 11 is 3.49. The van der Waals surface area contributed by atoms with Gasteiger partial charge in [0.25, 0.3) is 0 Å². The Hall–Kier alpha value is -0.870. The fourth-order valence-corrected chi connectivity index (χ4v) is 3.01. The van der Waals surface area contributed by atoms with Crippen LogP contribution in [0, 0.1) is 6.92 Å². The van der Waals surface area contributed by atoms with E-state index in [1.807, 2.05) is 32.0 Å². The van der Waals surface area contributed by atoms with Gasteiger partial charge in [0.05, 0.1) is 5.54 Å². The van der Waals surface area contributed by atoms with Crippen LogP contribution in [0.15, 0.2) is 22.7 Å². The van der Waals surface area contributed by atoms with Crippen molar-refractivity contribution >= 4 is 27.5 Å². The van der Waals surface area contributed by atoms with Crippen molar-refractivity contribution in [3.05, 3.63) is 28.2 Å². The molecule has 1 fully saturated rings. The van der Waals surface area contributed by atoms with E-state index in [0.29, 0.717) is 6.04 Å². The number of hydrogen-bond acceptors (Lipinski definition) is 2. The lowest BCUT2D eigenvalue weighted by Gasteiger charge is -2.51. The smallest absolute Gasteiger partial charge is 0.244 e. The van der Waals surface area contributed by atoms with E-state index >= 15 is 0 Å². The molecule has 0 bridgehead atoms. The number of amides is 1. The van der Waals surface area contributed by atoms with Crippen LogP contribution in [0.1, 0.15) is 32.8 Å². The number of carbonyl (C=O) groups excluding carboxylic acids is 1. The molecule has 1 saturated heterocycles. The molecule has 0 spiro atoms. The Morgan fingerprint density at radius 2 is 2.16 bits per heavy atom. The number of likely N-dealkylation sites (tertiary alicyclic amines) is 1. The van der Waals surface area contributed by atoms with Crippen molar-refractivity contribution in [3.8, 4) is 0 Å². The molecule has 19 heavy (non-hydrogen) atoms. The van der Waals surface area contributed by atoms with Crippen molar-refractivity contribution in [3.63, 3.8) is 0 Å². The standard InChI is InChI=1S/C15H21BrN2O/c1-10(2)18-9-8-15(18,4)14(19)17-13-7-5-6-12(16)11(13)3/h5-7,10H,8-9H2,1-4H3,(H,17,19). The quantitative estimate of drug-likeness (QED) is 0.921. The van der Waals surface area contributed by atoms with Crippen molar-refractivity contribution in [2.24, 2.45) is 0 Å². The van der Waals surface area contributed by atoms with Crippen molar-refractivity contribution in [2.45, 2.75) is 45.7 Å². The average Bonchev–Trinajstić information content (AvgIpc) is 2.31. The molecule has 1 aromatic carbocycles. The minimum absolute atomic E-state index is 0.0913. The van der Waals surface area contributed by atoms with Gasteiger partial charge < -0.3 is 5.32 Å². The van der Waals surface area contributed by atoms with Crippen molar-refractivity contribution in [2.75, 3.05) is 11.9 Å². The lowest BCUT2D eigenvalue weighted by molar-refractivity contribution is -0.138. The third-order valence-corrected chi connectivity index (χ3v) is 4.96. The van der Waals surface area contributed by atoms with Crippen LogP contribution in [0.3, 0.4) is 0 Å². The summed E-state index contributed by atoms with van der Waals surface area (Å²) in [5.74, 6) is 0.0913. The Labute approximate surface area is 123 Å². The number of halogens is 1. The predicted octanol–water partition coefficient (Wildman–Crippen LogP) is 3.57. The summed E-state index contributed by atoms with van der Waals surface area (Å²) in [6, 6.07) is 6.26. The molecule has 1 amide bonds. The molecule has 0 radical (unpaired) electrons. The van der Waals surface area contributed by atoms with E-state index in [9.17, 15) is 4.79 Å². The van der Waals surface area contributed by atoms with Gasteiger partial charge in [-0.25, -0.2) is 0 Å². The fourth-order valence-electron chi connectivity index (χ4n) is 2.65. The minimum atomic E-state index is -0.372. The number of hydrogen-bond donors (Lipinski definition) is 1. The molecule has 0 aliphatic carbocycles. The van der Waals surface area contributed by atoms with E-state index in [1.54, 1.807) is 0 Å². The fraction of sp³-hybridized carbons (Fsp3) is 0.533. The van der Waals surface area contributed by atoms with Crippen LogP contribution in [-0.2, 0) is 4.79 Å². The van der Waals surface area contributed by atoms with Gasteiger partial charge in [0, 0.05) is 22.7 Å². The van der Waals surface area contributed by atoms with Crippen LogP contribution in [0.2, 0.25) is 0 Å². The molecule has 2 rings (SSSR count). The number of rotatable bonds is 3. The lowest BCUT2D eigenvalue weighted by atomic mass is 9.84. The molecule has 1 aliphatic heterocycles. The highest BCUT2D eigenvalue weighted by atomic mass is 79.9. The van der Waals surface area contributed by atoms with E-state index < -0.39 is 0 Å². The summed E-state index contributed by atoms with van der Waals surface area (Å²) in [6.45, 7) is 9.30. The highest BCUT2D eigenvalue weighted by Gasteiger charge is 2.47. The van der Waals surface area contributed by atoms with Crippen molar-refractivity contribution in [1.29, 1.82) is 0 Å². The number of benzene rings is 1. The molecular formula is C15H21BrN2O. The van der Waals surface area contributed by atoms with Gasteiger partial charge in [-0.1, -0.05) is 22.0 Å². The van der Waals surface area contributed by atoms with Crippen LogP contribution in [-0.4, -0.2) is 28.9 Å². The van der Waals surface area contributed by atoms with E-state index in [-0.39, 0.29) is 11.4 Å². The van der Waals surface area contributed by atoms with E-state index in [2.05, 4.69) is 40.0 Å². The van der Waals surface area contributed by atoms with Crippen LogP contribution in [0.25, 0.3) is 0 Å². The number of carbonyl (C=O) groups is 1. The molecular weight excluding hydrogens is 304 g/mol. The number of anilines is 1. The molecule has 4 heteroatoms. The summed E-state index contributed by atoms with van der Waals surface area (Å²) in [7, 11) is 0. The first kappa shape index (κ1) is 14.5. The Morgan fingerprint density at radius 1 is 1.47 bits per heavy atom. The summed E-state index contributed by atoms with van der Waals surface area (Å²) in [5.41, 5.74) is 1.58. The van der Waals surface area contributed by atoms with Gasteiger partial charge in [-0.15, -0.1) is 0 Å². The van der Waals surface area contributed by atoms with Crippen molar-refractivity contribution < 1.29 is 4.79 Å². The molecule has 1 N–H and O–H groups in total. The van der Waals surface area contributed by atoms with Gasteiger partial charge in [0.1, 0.15) is 0 Å². The third kappa shape index (κ3) is 2.56. The highest BCUT2D eigenvalue weighted by Crippen LogP contribution is 2.34. The van der Waals surface area contributed by atoms with Gasteiger partial charge in [-0.05, 0) is 51.8 Å². The van der Waals surface area contributed by atoms with Gasteiger partial charge in [-0.2, -0.15) is 0 Å². The summed E-state index contributed by atoms with van der Waals surface area (Å²) < 4.78 is 1.02. The monoisotopic (exact) mass is 324 g/mol. The molecule has 1 aromatic rings. The van der Waals surface area contributed by atoms with Gasteiger partial charge in [0.2, 0.25) is 5.91 Å². The zero-order valence-corrected chi connectivity index (χ0v) is 13.5. The summed E-state index contributed by atoms with van der Waals surface area (Å²) in [5, 5.41) is 3.07. The largest absolute Gasteiger partial charge is 0.324 e. The molecule has 104 valence electrons.